The van der Waals surface area contributed by atoms with Crippen molar-refractivity contribution in [2.45, 2.75) is 20.4 Å². The van der Waals surface area contributed by atoms with E-state index in [1.807, 2.05) is 25.1 Å². The monoisotopic (exact) mass is 329 g/mol. The van der Waals surface area contributed by atoms with E-state index in [1.54, 1.807) is 24.8 Å². The Morgan fingerprint density at radius 3 is 2.83 bits per heavy atom. The zero-order valence-corrected chi connectivity index (χ0v) is 14.2. The lowest BCUT2D eigenvalue weighted by Crippen LogP contribution is -2.03. The van der Waals surface area contributed by atoms with Crippen LogP contribution in [0.15, 0.2) is 30.6 Å². The molecule has 0 amide bonds. The number of ether oxygens (including phenoxy) is 2. The van der Waals surface area contributed by atoms with E-state index >= 15 is 0 Å². The third kappa shape index (κ3) is 3.37. The zero-order valence-electron chi connectivity index (χ0n) is 13.4. The number of thiophene rings is 1. The molecule has 2 heterocycles. The van der Waals surface area contributed by atoms with E-state index < -0.39 is 0 Å². The van der Waals surface area contributed by atoms with Crippen molar-refractivity contribution in [2.75, 3.05) is 19.0 Å². The number of nitrogens with one attached hydrogen (secondary N) is 1. The molecule has 0 spiro atoms. The number of hydrogen-bond donors (Lipinski definition) is 1. The van der Waals surface area contributed by atoms with Crippen LogP contribution in [0.4, 0.5) is 5.82 Å². The number of benzene rings is 1. The summed E-state index contributed by atoms with van der Waals surface area (Å²) in [7, 11) is 1.65. The highest BCUT2D eigenvalue weighted by molar-refractivity contribution is 7.18. The van der Waals surface area contributed by atoms with Gasteiger partial charge in [-0.25, -0.2) is 9.97 Å². The second-order valence-corrected chi connectivity index (χ2v) is 6.30. The number of anilines is 1. The van der Waals surface area contributed by atoms with E-state index in [1.165, 1.54) is 4.88 Å². The Morgan fingerprint density at radius 1 is 1.17 bits per heavy atom. The summed E-state index contributed by atoms with van der Waals surface area (Å²) >= 11 is 1.67. The lowest BCUT2D eigenvalue weighted by molar-refractivity contribution is 0.310. The van der Waals surface area contributed by atoms with E-state index in [0.29, 0.717) is 13.2 Å². The van der Waals surface area contributed by atoms with Crippen molar-refractivity contribution in [2.24, 2.45) is 0 Å². The zero-order chi connectivity index (χ0) is 16.2. The molecule has 2 aromatic heterocycles. The van der Waals surface area contributed by atoms with Gasteiger partial charge in [0.1, 0.15) is 17.0 Å². The predicted octanol–water partition coefficient (Wildman–Crippen LogP) is 4.02. The van der Waals surface area contributed by atoms with Gasteiger partial charge in [-0.05, 0) is 37.6 Å². The molecule has 5 nitrogen and oxygen atoms in total. The maximum atomic E-state index is 5.54. The van der Waals surface area contributed by atoms with Gasteiger partial charge in [0.05, 0.1) is 19.1 Å². The minimum Gasteiger partial charge on any atom is -0.493 e. The van der Waals surface area contributed by atoms with E-state index in [-0.39, 0.29) is 0 Å². The van der Waals surface area contributed by atoms with Crippen LogP contribution < -0.4 is 14.8 Å². The molecule has 6 heteroatoms. The number of nitrogens with zero attached hydrogens (tertiary/aromatic N) is 2. The third-order valence-corrected chi connectivity index (χ3v) is 4.40. The standard InChI is InChI=1S/C17H19N3O2S/c1-4-22-14-6-5-12(8-15(14)21-3)9-18-16-13-7-11(2)23-17(13)20-10-19-16/h5-8,10H,4,9H2,1-3H3,(H,18,19,20). The van der Waals surface area contributed by atoms with Crippen molar-refractivity contribution < 1.29 is 9.47 Å². The summed E-state index contributed by atoms with van der Waals surface area (Å²) in [6.07, 6.45) is 1.60. The van der Waals surface area contributed by atoms with Gasteiger partial charge in [-0.15, -0.1) is 11.3 Å². The van der Waals surface area contributed by atoms with Gasteiger partial charge in [0, 0.05) is 11.4 Å². The predicted molar refractivity (Wildman–Crippen MR) is 93.6 cm³/mol. The second-order valence-electron chi connectivity index (χ2n) is 5.07. The van der Waals surface area contributed by atoms with E-state index in [2.05, 4.69) is 28.3 Å². The van der Waals surface area contributed by atoms with Crippen molar-refractivity contribution in [3.63, 3.8) is 0 Å². The lowest BCUT2D eigenvalue weighted by atomic mass is 10.2. The molecule has 0 unspecified atom stereocenters. The van der Waals surface area contributed by atoms with Crippen molar-refractivity contribution in [3.8, 4) is 11.5 Å². The molecule has 3 rings (SSSR count). The summed E-state index contributed by atoms with van der Waals surface area (Å²) in [5.74, 6) is 2.36. The first-order valence-electron chi connectivity index (χ1n) is 7.46. The van der Waals surface area contributed by atoms with Gasteiger partial charge in [0.25, 0.3) is 0 Å². The number of aromatic nitrogens is 2. The Bertz CT molecular complexity index is 817. The Labute approximate surface area is 139 Å². The van der Waals surface area contributed by atoms with Crippen LogP contribution in [-0.2, 0) is 6.54 Å². The topological polar surface area (TPSA) is 56.3 Å². The molecule has 0 bridgehead atoms. The molecular weight excluding hydrogens is 310 g/mol. The molecule has 23 heavy (non-hydrogen) atoms. The van der Waals surface area contributed by atoms with Gasteiger partial charge < -0.3 is 14.8 Å². The number of hydrogen-bond acceptors (Lipinski definition) is 6. The minimum atomic E-state index is 0.615. The van der Waals surface area contributed by atoms with Gasteiger partial charge in [0.2, 0.25) is 0 Å². The summed E-state index contributed by atoms with van der Waals surface area (Å²) in [6.45, 7) is 5.31. The quantitative estimate of drug-likeness (QED) is 0.740. The number of fused-ring (bicyclic) bond motifs is 1. The smallest absolute Gasteiger partial charge is 0.161 e. The van der Waals surface area contributed by atoms with Crippen LogP contribution >= 0.6 is 11.3 Å². The Morgan fingerprint density at radius 2 is 2.04 bits per heavy atom. The molecule has 0 saturated heterocycles. The summed E-state index contributed by atoms with van der Waals surface area (Å²) in [5.41, 5.74) is 1.10. The number of rotatable bonds is 6. The van der Waals surface area contributed by atoms with Crippen LogP contribution in [0.2, 0.25) is 0 Å². The molecule has 0 aliphatic heterocycles. The number of methoxy groups -OCH3 is 1. The first-order chi connectivity index (χ1) is 11.2. The maximum absolute atomic E-state index is 5.54. The summed E-state index contributed by atoms with van der Waals surface area (Å²) < 4.78 is 10.9. The lowest BCUT2D eigenvalue weighted by Gasteiger charge is -2.12. The molecule has 1 N–H and O–H groups in total. The third-order valence-electron chi connectivity index (χ3n) is 3.44. The Hall–Kier alpha value is -2.34. The fourth-order valence-corrected chi connectivity index (χ4v) is 3.25. The highest BCUT2D eigenvalue weighted by Crippen LogP contribution is 2.30. The minimum absolute atomic E-state index is 0.615. The summed E-state index contributed by atoms with van der Waals surface area (Å²) in [5, 5.41) is 4.44. The molecule has 0 radical (unpaired) electrons. The van der Waals surface area contributed by atoms with Crippen LogP contribution in [0.3, 0.4) is 0 Å². The molecule has 3 aromatic rings. The fourth-order valence-electron chi connectivity index (χ4n) is 2.40. The average molecular weight is 329 g/mol. The molecule has 0 fully saturated rings. The molecule has 120 valence electrons. The largest absolute Gasteiger partial charge is 0.493 e. The van der Waals surface area contributed by atoms with E-state index in [4.69, 9.17) is 9.47 Å². The molecule has 0 aliphatic carbocycles. The highest BCUT2D eigenvalue weighted by atomic mass is 32.1. The van der Waals surface area contributed by atoms with Gasteiger partial charge in [-0.3, -0.25) is 0 Å². The van der Waals surface area contributed by atoms with Crippen molar-refractivity contribution in [3.05, 3.63) is 41.0 Å². The van der Waals surface area contributed by atoms with Gasteiger partial charge in [-0.2, -0.15) is 0 Å². The van der Waals surface area contributed by atoms with Gasteiger partial charge in [0.15, 0.2) is 11.5 Å². The SMILES string of the molecule is CCOc1ccc(CNc2ncnc3sc(C)cc23)cc1OC. The summed E-state index contributed by atoms with van der Waals surface area (Å²) in [6, 6.07) is 8.05. The maximum Gasteiger partial charge on any atom is 0.161 e. The van der Waals surface area contributed by atoms with Crippen LogP contribution in [0.25, 0.3) is 10.2 Å². The van der Waals surface area contributed by atoms with Crippen molar-refractivity contribution in [1.82, 2.24) is 9.97 Å². The first-order valence-corrected chi connectivity index (χ1v) is 8.27. The van der Waals surface area contributed by atoms with Crippen molar-refractivity contribution in [1.29, 1.82) is 0 Å². The molecule has 1 aromatic carbocycles. The van der Waals surface area contributed by atoms with Crippen molar-refractivity contribution >= 4 is 27.4 Å². The highest BCUT2D eigenvalue weighted by Gasteiger charge is 2.08. The second kappa shape index (κ2) is 6.83. The molecular formula is C17H19N3O2S. The fraction of sp³-hybridized carbons (Fsp3) is 0.294. The summed E-state index contributed by atoms with van der Waals surface area (Å²) in [4.78, 5) is 10.9. The Kier molecular flexibility index (Phi) is 4.62. The average Bonchev–Trinajstić information content (AvgIpc) is 2.94. The first kappa shape index (κ1) is 15.6. The van der Waals surface area contributed by atoms with Crippen LogP contribution in [0, 0.1) is 6.92 Å². The normalized spacial score (nSPS) is 10.7. The number of aryl methyl sites for hydroxylation is 1. The Balaban J connectivity index is 1.79. The molecule has 0 atom stereocenters. The van der Waals surface area contributed by atoms with Crippen LogP contribution in [0.1, 0.15) is 17.4 Å². The van der Waals surface area contributed by atoms with Crippen LogP contribution in [-0.4, -0.2) is 23.7 Å². The molecule has 0 saturated carbocycles. The van der Waals surface area contributed by atoms with Crippen LogP contribution in [0.5, 0.6) is 11.5 Å². The van der Waals surface area contributed by atoms with E-state index in [0.717, 1.165) is 33.1 Å². The van der Waals surface area contributed by atoms with Gasteiger partial charge in [-0.1, -0.05) is 6.07 Å². The van der Waals surface area contributed by atoms with Gasteiger partial charge >= 0.3 is 0 Å². The van der Waals surface area contributed by atoms with E-state index in [9.17, 15) is 0 Å². The molecule has 0 aliphatic rings.